The highest BCUT2D eigenvalue weighted by Gasteiger charge is 2.30. The van der Waals surface area contributed by atoms with E-state index < -0.39 is 28.5 Å². The third-order valence-electron chi connectivity index (χ3n) is 4.92. The summed E-state index contributed by atoms with van der Waals surface area (Å²) in [6, 6.07) is 13.4. The van der Waals surface area contributed by atoms with E-state index in [0.717, 1.165) is 20.6 Å². The summed E-state index contributed by atoms with van der Waals surface area (Å²) in [7, 11) is -3.77. The van der Waals surface area contributed by atoms with E-state index in [2.05, 4.69) is 37.2 Å². The van der Waals surface area contributed by atoms with Crippen LogP contribution in [0.1, 0.15) is 26.3 Å². The van der Waals surface area contributed by atoms with E-state index in [1.54, 1.807) is 31.2 Å². The summed E-state index contributed by atoms with van der Waals surface area (Å²) in [6.45, 7) is 5.83. The number of para-hydroxylation sites is 1. The van der Waals surface area contributed by atoms with Crippen molar-refractivity contribution in [1.82, 2.24) is 10.2 Å². The molecule has 0 saturated carbocycles. The first-order chi connectivity index (χ1) is 15.4. The van der Waals surface area contributed by atoms with Gasteiger partial charge in [0.15, 0.2) is 0 Å². The van der Waals surface area contributed by atoms with Gasteiger partial charge in [-0.2, -0.15) is 0 Å². The number of nitrogens with one attached hydrogen (secondary N) is 1. The van der Waals surface area contributed by atoms with Crippen LogP contribution in [0.15, 0.2) is 57.5 Å². The first-order valence-electron chi connectivity index (χ1n) is 10.4. The third kappa shape index (κ3) is 8.12. The fraction of sp³-hybridized carbons (Fsp3) is 0.391. The highest BCUT2D eigenvalue weighted by Crippen LogP contribution is 2.28. The van der Waals surface area contributed by atoms with E-state index in [9.17, 15) is 18.0 Å². The smallest absolute Gasteiger partial charge is 0.244 e. The number of hydrogen-bond donors (Lipinski definition) is 1. The second-order valence-corrected chi connectivity index (χ2v) is 11.9. The predicted octanol–water partition coefficient (Wildman–Crippen LogP) is 4.17. The number of anilines is 1. The van der Waals surface area contributed by atoms with E-state index in [-0.39, 0.29) is 18.4 Å². The zero-order valence-electron chi connectivity index (χ0n) is 19.1. The van der Waals surface area contributed by atoms with Crippen LogP contribution in [-0.2, 0) is 26.2 Å². The molecule has 0 radical (unpaired) electrons. The predicted molar refractivity (Wildman–Crippen MR) is 138 cm³/mol. The van der Waals surface area contributed by atoms with Crippen LogP contribution < -0.4 is 9.62 Å². The fourth-order valence-electron chi connectivity index (χ4n) is 3.07. The number of carbonyl (C=O) groups is 2. The molecule has 1 atom stereocenters. The van der Waals surface area contributed by atoms with Crippen molar-refractivity contribution in [3.05, 3.63) is 63.0 Å². The highest BCUT2D eigenvalue weighted by atomic mass is 79.9. The Kier molecular flexibility index (Phi) is 9.93. The third-order valence-corrected chi connectivity index (χ3v) is 7.24. The van der Waals surface area contributed by atoms with Gasteiger partial charge in [-0.25, -0.2) is 8.42 Å². The van der Waals surface area contributed by atoms with Crippen LogP contribution in [-0.4, -0.2) is 50.5 Å². The van der Waals surface area contributed by atoms with Gasteiger partial charge in [0, 0.05) is 22.0 Å². The average molecular weight is 603 g/mol. The number of rotatable bonds is 10. The molecule has 7 nitrogen and oxygen atoms in total. The molecule has 2 amide bonds. The lowest BCUT2D eigenvalue weighted by Gasteiger charge is -2.32. The molecule has 0 bridgehead atoms. The monoisotopic (exact) mass is 601 g/mol. The van der Waals surface area contributed by atoms with Crippen LogP contribution in [0.25, 0.3) is 0 Å². The van der Waals surface area contributed by atoms with Gasteiger partial charge in [0.25, 0.3) is 0 Å². The highest BCUT2D eigenvalue weighted by molar-refractivity contribution is 9.10. The SMILES string of the molecule is CC(C)CNC(=O)[C@@H](C)N(Cc1ccc(Br)cc1)C(=O)CN(c1ccccc1Br)S(C)(=O)=O. The summed E-state index contributed by atoms with van der Waals surface area (Å²) in [4.78, 5) is 27.7. The minimum atomic E-state index is -3.77. The maximum Gasteiger partial charge on any atom is 0.244 e. The molecule has 0 unspecified atom stereocenters. The Hall–Kier alpha value is -1.91. The Morgan fingerprint density at radius 2 is 1.61 bits per heavy atom. The van der Waals surface area contributed by atoms with Crippen LogP contribution in [0.4, 0.5) is 5.69 Å². The van der Waals surface area contributed by atoms with Crippen molar-refractivity contribution in [2.24, 2.45) is 5.92 Å². The van der Waals surface area contributed by atoms with Gasteiger partial charge in [-0.3, -0.25) is 13.9 Å². The van der Waals surface area contributed by atoms with E-state index >= 15 is 0 Å². The van der Waals surface area contributed by atoms with E-state index in [1.807, 2.05) is 38.1 Å². The summed E-state index contributed by atoms with van der Waals surface area (Å²) in [5, 5.41) is 2.86. The minimum absolute atomic E-state index is 0.163. The summed E-state index contributed by atoms with van der Waals surface area (Å²) in [5.74, 6) is -0.514. The molecule has 0 spiro atoms. The molecule has 0 aliphatic carbocycles. The van der Waals surface area contributed by atoms with Gasteiger partial charge in [-0.05, 0) is 58.6 Å². The average Bonchev–Trinajstić information content (AvgIpc) is 2.74. The number of nitrogens with zero attached hydrogens (tertiary/aromatic N) is 2. The lowest BCUT2D eigenvalue weighted by atomic mass is 10.1. The molecule has 10 heteroatoms. The molecule has 0 aromatic heterocycles. The topological polar surface area (TPSA) is 86.8 Å². The summed E-state index contributed by atoms with van der Waals surface area (Å²) >= 11 is 6.76. The molecular formula is C23H29Br2N3O4S. The number of hydrogen-bond acceptors (Lipinski definition) is 4. The molecule has 0 heterocycles. The van der Waals surface area contributed by atoms with E-state index in [4.69, 9.17) is 0 Å². The van der Waals surface area contributed by atoms with Crippen molar-refractivity contribution in [2.75, 3.05) is 23.7 Å². The first-order valence-corrected chi connectivity index (χ1v) is 13.9. The Morgan fingerprint density at radius 1 is 1.00 bits per heavy atom. The normalized spacial score (nSPS) is 12.3. The molecule has 0 saturated heterocycles. The van der Waals surface area contributed by atoms with Gasteiger partial charge in [0.2, 0.25) is 21.8 Å². The van der Waals surface area contributed by atoms with Crippen LogP contribution in [0.2, 0.25) is 0 Å². The fourth-order valence-corrected chi connectivity index (χ4v) is 4.81. The van der Waals surface area contributed by atoms with Crippen LogP contribution in [0.5, 0.6) is 0 Å². The van der Waals surface area contributed by atoms with E-state index in [0.29, 0.717) is 16.7 Å². The zero-order valence-corrected chi connectivity index (χ0v) is 23.1. The summed E-state index contributed by atoms with van der Waals surface area (Å²) in [5.41, 5.74) is 1.18. The molecular weight excluding hydrogens is 574 g/mol. The van der Waals surface area contributed by atoms with Crippen molar-refractivity contribution < 1.29 is 18.0 Å². The molecule has 1 N–H and O–H groups in total. The molecule has 0 aliphatic heterocycles. The number of amides is 2. The van der Waals surface area contributed by atoms with Crippen molar-refractivity contribution >= 4 is 59.4 Å². The lowest BCUT2D eigenvalue weighted by molar-refractivity contribution is -0.139. The molecule has 0 fully saturated rings. The van der Waals surface area contributed by atoms with Crippen molar-refractivity contribution in [1.29, 1.82) is 0 Å². The minimum Gasteiger partial charge on any atom is -0.354 e. The molecule has 33 heavy (non-hydrogen) atoms. The second kappa shape index (κ2) is 12.0. The largest absolute Gasteiger partial charge is 0.354 e. The molecule has 0 aliphatic rings. The summed E-state index contributed by atoms with van der Waals surface area (Å²) in [6.07, 6.45) is 1.05. The second-order valence-electron chi connectivity index (χ2n) is 8.18. The lowest BCUT2D eigenvalue weighted by Crippen LogP contribution is -2.51. The van der Waals surface area contributed by atoms with Crippen LogP contribution >= 0.6 is 31.9 Å². The van der Waals surface area contributed by atoms with Gasteiger partial charge < -0.3 is 10.2 Å². The van der Waals surface area contributed by atoms with Crippen LogP contribution in [0, 0.1) is 5.92 Å². The number of benzene rings is 2. The van der Waals surface area contributed by atoms with E-state index in [1.165, 1.54) is 4.90 Å². The number of halogens is 2. The Balaban J connectivity index is 2.36. The van der Waals surface area contributed by atoms with Gasteiger partial charge in [-0.1, -0.05) is 54.0 Å². The Bertz CT molecular complexity index is 1080. The maximum atomic E-state index is 13.5. The first kappa shape index (κ1) is 27.3. The molecule has 2 aromatic rings. The molecule has 2 rings (SSSR count). The molecule has 2 aromatic carbocycles. The van der Waals surface area contributed by atoms with Gasteiger partial charge in [-0.15, -0.1) is 0 Å². The Morgan fingerprint density at radius 3 is 2.15 bits per heavy atom. The molecule has 180 valence electrons. The Labute approximate surface area is 212 Å². The van der Waals surface area contributed by atoms with Crippen molar-refractivity contribution in [2.45, 2.75) is 33.4 Å². The zero-order chi connectivity index (χ0) is 24.8. The van der Waals surface area contributed by atoms with Gasteiger partial charge in [0.1, 0.15) is 12.6 Å². The van der Waals surface area contributed by atoms with Gasteiger partial charge >= 0.3 is 0 Å². The maximum absolute atomic E-state index is 13.5. The standard InChI is InChI=1S/C23H29Br2N3O4S/c1-16(2)13-26-23(30)17(3)27(14-18-9-11-19(24)12-10-18)22(29)15-28(33(4,31)32)21-8-6-5-7-20(21)25/h5-12,16-17H,13-15H2,1-4H3,(H,26,30)/t17-/m1/s1. The number of carbonyl (C=O) groups excluding carboxylic acids is 2. The van der Waals surface area contributed by atoms with Gasteiger partial charge in [0.05, 0.1) is 11.9 Å². The van der Waals surface area contributed by atoms with Crippen molar-refractivity contribution in [3.63, 3.8) is 0 Å². The summed E-state index contributed by atoms with van der Waals surface area (Å²) < 4.78 is 27.6. The quantitative estimate of drug-likeness (QED) is 0.442. The van der Waals surface area contributed by atoms with Crippen molar-refractivity contribution in [3.8, 4) is 0 Å². The van der Waals surface area contributed by atoms with Crippen LogP contribution in [0.3, 0.4) is 0 Å². The number of sulfonamides is 1.